The predicted octanol–water partition coefficient (Wildman–Crippen LogP) is 5.81. The molecule has 2 aliphatic rings. The molecule has 2 unspecified atom stereocenters. The first-order chi connectivity index (χ1) is 18.4. The first-order valence-electron chi connectivity index (χ1n) is 12.4. The van der Waals surface area contributed by atoms with E-state index in [2.05, 4.69) is 0 Å². The van der Waals surface area contributed by atoms with Crippen molar-refractivity contribution in [2.24, 2.45) is 0 Å². The molecule has 206 valence electrons. The SMILES string of the molecule is COC(=O)CC1COc2cc(OC3CCc4c3ccc(C(F)(F)F)c4Cc3ccc(S(C)(=O)=O)cc3)ccc21. The normalized spacial score (nSPS) is 18.3. The van der Waals surface area contributed by atoms with E-state index >= 15 is 0 Å². The summed E-state index contributed by atoms with van der Waals surface area (Å²) in [6.07, 6.45) is -2.72. The fraction of sp³-hybridized carbons (Fsp3) is 0.345. The van der Waals surface area contributed by atoms with Crippen molar-refractivity contribution in [3.8, 4) is 11.5 Å². The van der Waals surface area contributed by atoms with E-state index in [0.717, 1.165) is 17.9 Å². The fourth-order valence-electron chi connectivity index (χ4n) is 5.34. The van der Waals surface area contributed by atoms with E-state index in [1.165, 1.54) is 25.3 Å². The lowest BCUT2D eigenvalue weighted by molar-refractivity contribution is -0.141. The Morgan fingerprint density at radius 2 is 1.77 bits per heavy atom. The second-order valence-corrected chi connectivity index (χ2v) is 11.9. The van der Waals surface area contributed by atoms with Gasteiger partial charge in [0.1, 0.15) is 17.6 Å². The molecule has 0 spiro atoms. The van der Waals surface area contributed by atoms with Crippen LogP contribution in [0.1, 0.15) is 58.2 Å². The van der Waals surface area contributed by atoms with Gasteiger partial charge in [-0.25, -0.2) is 8.42 Å². The molecule has 6 nitrogen and oxygen atoms in total. The van der Waals surface area contributed by atoms with Crippen molar-refractivity contribution in [1.82, 2.24) is 0 Å². The van der Waals surface area contributed by atoms with Crippen molar-refractivity contribution >= 4 is 15.8 Å². The molecule has 39 heavy (non-hydrogen) atoms. The summed E-state index contributed by atoms with van der Waals surface area (Å²) < 4.78 is 82.2. The van der Waals surface area contributed by atoms with Crippen molar-refractivity contribution in [1.29, 1.82) is 0 Å². The molecule has 5 rings (SSSR count). The molecular weight excluding hydrogens is 533 g/mol. The second-order valence-electron chi connectivity index (χ2n) is 9.88. The van der Waals surface area contributed by atoms with Gasteiger partial charge in [0, 0.05) is 23.8 Å². The summed E-state index contributed by atoms with van der Waals surface area (Å²) in [6, 6.07) is 13.9. The van der Waals surface area contributed by atoms with Gasteiger partial charge in [-0.3, -0.25) is 4.79 Å². The molecule has 1 aliphatic heterocycles. The van der Waals surface area contributed by atoms with Gasteiger partial charge in [0.25, 0.3) is 0 Å². The molecule has 1 aliphatic carbocycles. The molecule has 0 N–H and O–H groups in total. The monoisotopic (exact) mass is 560 g/mol. The van der Waals surface area contributed by atoms with Gasteiger partial charge in [-0.15, -0.1) is 0 Å². The highest BCUT2D eigenvalue weighted by Crippen LogP contribution is 2.44. The van der Waals surface area contributed by atoms with Crippen LogP contribution in [-0.4, -0.2) is 34.4 Å². The minimum absolute atomic E-state index is 0.0169. The summed E-state index contributed by atoms with van der Waals surface area (Å²) >= 11 is 0. The highest BCUT2D eigenvalue weighted by molar-refractivity contribution is 7.90. The van der Waals surface area contributed by atoms with Gasteiger partial charge in [-0.05, 0) is 65.8 Å². The summed E-state index contributed by atoms with van der Waals surface area (Å²) in [7, 11) is -2.07. The minimum Gasteiger partial charge on any atom is -0.492 e. The number of alkyl halides is 3. The van der Waals surface area contributed by atoms with Crippen LogP contribution in [0.15, 0.2) is 59.5 Å². The number of hydrogen-bond donors (Lipinski definition) is 0. The number of carbonyl (C=O) groups excluding carboxylic acids is 1. The molecule has 0 radical (unpaired) electrons. The number of esters is 1. The molecule has 2 atom stereocenters. The van der Waals surface area contributed by atoms with Gasteiger partial charge in [-0.1, -0.05) is 24.3 Å². The lowest BCUT2D eigenvalue weighted by atomic mass is 9.92. The van der Waals surface area contributed by atoms with Gasteiger partial charge in [0.2, 0.25) is 0 Å². The molecule has 10 heteroatoms. The van der Waals surface area contributed by atoms with E-state index in [-0.39, 0.29) is 35.2 Å². The number of hydrogen-bond acceptors (Lipinski definition) is 6. The Labute approximate surface area is 224 Å². The first-order valence-corrected chi connectivity index (χ1v) is 14.3. The van der Waals surface area contributed by atoms with Crippen molar-refractivity contribution in [2.45, 2.75) is 48.8 Å². The smallest absolute Gasteiger partial charge is 0.416 e. The Kier molecular flexibility index (Phi) is 7.09. The third-order valence-corrected chi connectivity index (χ3v) is 8.42. The topological polar surface area (TPSA) is 78.9 Å². The van der Waals surface area contributed by atoms with Gasteiger partial charge >= 0.3 is 12.1 Å². The van der Waals surface area contributed by atoms with Crippen LogP contribution in [-0.2, 0) is 38.4 Å². The van der Waals surface area contributed by atoms with Crippen molar-refractivity contribution in [3.05, 3.63) is 88.0 Å². The fourth-order valence-corrected chi connectivity index (χ4v) is 5.97. The Bertz CT molecular complexity index is 1510. The van der Waals surface area contributed by atoms with Crippen molar-refractivity contribution in [2.75, 3.05) is 20.0 Å². The second kappa shape index (κ2) is 10.2. The Morgan fingerprint density at radius 3 is 2.44 bits per heavy atom. The predicted molar refractivity (Wildman–Crippen MR) is 137 cm³/mol. The average molecular weight is 561 g/mol. The largest absolute Gasteiger partial charge is 0.492 e. The number of methoxy groups -OCH3 is 1. The third kappa shape index (κ3) is 5.61. The van der Waals surface area contributed by atoms with E-state index in [0.29, 0.717) is 47.6 Å². The molecular formula is C29H27F3O6S. The molecule has 0 aromatic heterocycles. The zero-order valence-corrected chi connectivity index (χ0v) is 22.2. The summed E-state index contributed by atoms with van der Waals surface area (Å²) in [5, 5.41) is 0. The number of benzene rings is 3. The van der Waals surface area contributed by atoms with Crippen LogP contribution in [0, 0.1) is 0 Å². The highest BCUT2D eigenvalue weighted by Gasteiger charge is 2.37. The number of sulfone groups is 1. The zero-order chi connectivity index (χ0) is 27.9. The van der Waals surface area contributed by atoms with E-state index in [4.69, 9.17) is 14.2 Å². The Hall–Kier alpha value is -3.53. The molecule has 0 saturated carbocycles. The summed E-state index contributed by atoms with van der Waals surface area (Å²) in [5.74, 6) is 0.719. The Morgan fingerprint density at radius 1 is 1.05 bits per heavy atom. The van der Waals surface area contributed by atoms with Crippen molar-refractivity contribution in [3.63, 3.8) is 0 Å². The third-order valence-electron chi connectivity index (χ3n) is 7.29. The molecule has 3 aromatic rings. The minimum atomic E-state index is -4.53. The van der Waals surface area contributed by atoms with Crippen LogP contribution in [0.25, 0.3) is 0 Å². The molecule has 3 aromatic carbocycles. The van der Waals surface area contributed by atoms with Crippen LogP contribution < -0.4 is 9.47 Å². The van der Waals surface area contributed by atoms with Gasteiger partial charge in [0.15, 0.2) is 9.84 Å². The zero-order valence-electron chi connectivity index (χ0n) is 21.4. The van der Waals surface area contributed by atoms with Gasteiger partial charge < -0.3 is 14.2 Å². The van der Waals surface area contributed by atoms with E-state index in [9.17, 15) is 26.4 Å². The summed E-state index contributed by atoms with van der Waals surface area (Å²) in [6.45, 7) is 0.356. The highest BCUT2D eigenvalue weighted by atomic mass is 32.2. The number of halogens is 3. The van der Waals surface area contributed by atoms with E-state index in [1.54, 1.807) is 24.3 Å². The standard InChI is InChI=1S/C29H27F3O6S/c1-36-28(33)14-18-16-37-27-15-19(5-8-21(18)27)38-26-12-10-22-23(26)9-11-25(29(30,31)32)24(22)13-17-3-6-20(7-4-17)39(2,34)35/h3-9,11,15,18,26H,10,12-14,16H2,1-2H3. The molecule has 0 bridgehead atoms. The number of fused-ring (bicyclic) bond motifs is 2. The lowest BCUT2D eigenvalue weighted by Crippen LogP contribution is -2.13. The van der Waals surface area contributed by atoms with Crippen molar-refractivity contribution < 1.29 is 40.6 Å². The molecule has 0 amide bonds. The van der Waals surface area contributed by atoms with Crippen LogP contribution in [0.3, 0.4) is 0 Å². The van der Waals surface area contributed by atoms with Crippen LogP contribution in [0.2, 0.25) is 0 Å². The van der Waals surface area contributed by atoms with Crippen LogP contribution >= 0.6 is 0 Å². The lowest BCUT2D eigenvalue weighted by Gasteiger charge is -2.20. The maximum Gasteiger partial charge on any atom is 0.416 e. The van der Waals surface area contributed by atoms with E-state index < -0.39 is 27.7 Å². The number of rotatable bonds is 7. The number of ether oxygens (including phenoxy) is 3. The molecule has 0 fully saturated rings. The summed E-state index contributed by atoms with van der Waals surface area (Å²) in [5.41, 5.74) is 2.27. The van der Waals surface area contributed by atoms with E-state index in [1.807, 2.05) is 6.07 Å². The Balaban J connectivity index is 1.41. The maximum atomic E-state index is 14.0. The first kappa shape index (κ1) is 27.1. The average Bonchev–Trinajstić information content (AvgIpc) is 3.47. The van der Waals surface area contributed by atoms with Crippen LogP contribution in [0.5, 0.6) is 11.5 Å². The van der Waals surface area contributed by atoms with Crippen LogP contribution in [0.4, 0.5) is 13.2 Å². The summed E-state index contributed by atoms with van der Waals surface area (Å²) in [4.78, 5) is 11.8. The molecule has 0 saturated heterocycles. The quantitative estimate of drug-likeness (QED) is 0.340. The molecule has 1 heterocycles. The number of carbonyl (C=O) groups is 1. The van der Waals surface area contributed by atoms with Gasteiger partial charge in [0.05, 0.1) is 30.6 Å². The maximum absolute atomic E-state index is 14.0. The van der Waals surface area contributed by atoms with Gasteiger partial charge in [-0.2, -0.15) is 13.2 Å².